The Bertz CT molecular complexity index is 1010. The molecular weight excluding hydrogens is 385 g/mol. The summed E-state index contributed by atoms with van der Waals surface area (Å²) >= 11 is 0. The van der Waals surface area contributed by atoms with Gasteiger partial charge >= 0.3 is 0 Å². The summed E-state index contributed by atoms with van der Waals surface area (Å²) in [6.07, 6.45) is 0. The van der Waals surface area contributed by atoms with Crippen molar-refractivity contribution in [3.63, 3.8) is 0 Å². The highest BCUT2D eigenvalue weighted by molar-refractivity contribution is 7.89. The minimum absolute atomic E-state index is 0.104. The normalized spacial score (nSPS) is 15.1. The third-order valence-electron chi connectivity index (χ3n) is 4.35. The highest BCUT2D eigenvalue weighted by Crippen LogP contribution is 2.19. The van der Waals surface area contributed by atoms with Crippen LogP contribution in [0.4, 0.5) is 4.39 Å². The summed E-state index contributed by atoms with van der Waals surface area (Å²) in [6.45, 7) is 0.471. The van der Waals surface area contributed by atoms with Crippen LogP contribution in [0.2, 0.25) is 0 Å². The molecule has 0 aliphatic carbocycles. The Labute approximate surface area is 162 Å². The average molecular weight is 403 g/mol. The molecule has 0 spiro atoms. The molecule has 0 saturated carbocycles. The summed E-state index contributed by atoms with van der Waals surface area (Å²) in [5.41, 5.74) is 0.432. The third kappa shape index (κ3) is 4.47. The zero-order valence-corrected chi connectivity index (χ0v) is 15.7. The van der Waals surface area contributed by atoms with Gasteiger partial charge in [-0.05, 0) is 36.4 Å². The van der Waals surface area contributed by atoms with Crippen LogP contribution in [-0.2, 0) is 14.8 Å². The number of nitriles is 1. The highest BCUT2D eigenvalue weighted by atomic mass is 32.2. The number of piperazine rings is 1. The molecule has 0 radical (unpaired) electrons. The zero-order valence-electron chi connectivity index (χ0n) is 14.9. The summed E-state index contributed by atoms with van der Waals surface area (Å²) in [4.78, 5) is 13.7. The molecule has 3 rings (SSSR count). The van der Waals surface area contributed by atoms with Crippen LogP contribution in [0.25, 0.3) is 0 Å². The van der Waals surface area contributed by atoms with Crippen LogP contribution in [0.5, 0.6) is 5.75 Å². The maximum Gasteiger partial charge on any atom is 0.260 e. The Morgan fingerprint density at radius 1 is 1.11 bits per heavy atom. The highest BCUT2D eigenvalue weighted by Gasteiger charge is 2.30. The van der Waals surface area contributed by atoms with E-state index in [4.69, 9.17) is 10.00 Å². The van der Waals surface area contributed by atoms with E-state index >= 15 is 0 Å². The predicted molar refractivity (Wildman–Crippen MR) is 98.4 cm³/mol. The Kier molecular flexibility index (Phi) is 5.92. The van der Waals surface area contributed by atoms with Crippen molar-refractivity contribution in [3.05, 3.63) is 59.9 Å². The van der Waals surface area contributed by atoms with Gasteiger partial charge in [0.2, 0.25) is 10.0 Å². The van der Waals surface area contributed by atoms with Crippen LogP contribution in [0.1, 0.15) is 5.56 Å². The van der Waals surface area contributed by atoms with Crippen LogP contribution >= 0.6 is 0 Å². The quantitative estimate of drug-likeness (QED) is 0.757. The van der Waals surface area contributed by atoms with Crippen molar-refractivity contribution in [3.8, 4) is 11.8 Å². The lowest BCUT2D eigenvalue weighted by atomic mass is 10.2. The fourth-order valence-corrected chi connectivity index (χ4v) is 4.30. The van der Waals surface area contributed by atoms with Gasteiger partial charge in [0.25, 0.3) is 5.91 Å². The topological polar surface area (TPSA) is 90.7 Å². The van der Waals surface area contributed by atoms with Crippen LogP contribution in [-0.4, -0.2) is 56.3 Å². The van der Waals surface area contributed by atoms with E-state index in [1.807, 2.05) is 6.07 Å². The van der Waals surface area contributed by atoms with Gasteiger partial charge in [0.05, 0.1) is 16.5 Å². The summed E-state index contributed by atoms with van der Waals surface area (Å²) in [5.74, 6) is -0.475. The Morgan fingerprint density at radius 2 is 1.82 bits per heavy atom. The summed E-state index contributed by atoms with van der Waals surface area (Å²) in [5, 5.41) is 8.88. The van der Waals surface area contributed by atoms with E-state index in [2.05, 4.69) is 0 Å². The van der Waals surface area contributed by atoms with Crippen molar-refractivity contribution in [2.75, 3.05) is 32.8 Å². The molecule has 2 aromatic carbocycles. The van der Waals surface area contributed by atoms with E-state index in [1.165, 1.54) is 33.5 Å². The number of ether oxygens (including phenoxy) is 1. The number of benzene rings is 2. The van der Waals surface area contributed by atoms with Crippen LogP contribution in [0.15, 0.2) is 53.4 Å². The van der Waals surface area contributed by atoms with Crippen molar-refractivity contribution >= 4 is 15.9 Å². The molecule has 9 heteroatoms. The number of halogens is 1. The lowest BCUT2D eigenvalue weighted by Crippen LogP contribution is -2.51. The molecule has 1 saturated heterocycles. The van der Waals surface area contributed by atoms with Gasteiger partial charge in [-0.25, -0.2) is 12.8 Å². The molecule has 1 fully saturated rings. The molecule has 0 atom stereocenters. The molecule has 0 aromatic heterocycles. The fourth-order valence-electron chi connectivity index (χ4n) is 2.85. The third-order valence-corrected chi connectivity index (χ3v) is 6.25. The number of hydrogen-bond acceptors (Lipinski definition) is 5. The van der Waals surface area contributed by atoms with Crippen LogP contribution < -0.4 is 4.74 Å². The molecule has 1 aliphatic heterocycles. The number of sulfonamides is 1. The van der Waals surface area contributed by atoms with E-state index < -0.39 is 15.8 Å². The Morgan fingerprint density at radius 3 is 2.50 bits per heavy atom. The van der Waals surface area contributed by atoms with Gasteiger partial charge in [-0.1, -0.05) is 12.1 Å². The molecule has 28 heavy (non-hydrogen) atoms. The van der Waals surface area contributed by atoms with Gasteiger partial charge in [-0.3, -0.25) is 4.79 Å². The number of rotatable bonds is 5. The average Bonchev–Trinajstić information content (AvgIpc) is 2.72. The molecule has 2 aromatic rings. The standard InChI is InChI=1S/C19H18FN3O4S/c20-16-4-2-6-18(12-16)28(25,26)23-9-7-22(8-10-23)19(24)14-27-17-5-1-3-15(11-17)13-21/h1-6,11-12H,7-10,14H2. The fraction of sp³-hybridized carbons (Fsp3) is 0.263. The first kappa shape index (κ1) is 19.8. The number of hydrogen-bond donors (Lipinski definition) is 0. The number of amides is 1. The van der Waals surface area contributed by atoms with E-state index in [1.54, 1.807) is 18.2 Å². The zero-order chi connectivity index (χ0) is 20.1. The summed E-state index contributed by atoms with van der Waals surface area (Å²) < 4.78 is 45.2. The van der Waals surface area contributed by atoms with Crippen molar-refractivity contribution in [2.45, 2.75) is 4.90 Å². The molecule has 1 heterocycles. The maximum atomic E-state index is 13.3. The lowest BCUT2D eigenvalue weighted by molar-refractivity contribution is -0.134. The van der Waals surface area contributed by atoms with Gasteiger partial charge in [-0.2, -0.15) is 9.57 Å². The second-order valence-electron chi connectivity index (χ2n) is 6.17. The van der Waals surface area contributed by atoms with Crippen LogP contribution in [0, 0.1) is 17.1 Å². The van der Waals surface area contributed by atoms with Crippen molar-refractivity contribution < 1.29 is 22.3 Å². The van der Waals surface area contributed by atoms with E-state index in [0.29, 0.717) is 11.3 Å². The van der Waals surface area contributed by atoms with Gasteiger partial charge in [0, 0.05) is 26.2 Å². The Balaban J connectivity index is 1.56. The van der Waals surface area contributed by atoms with Crippen molar-refractivity contribution in [2.24, 2.45) is 0 Å². The van der Waals surface area contributed by atoms with Crippen molar-refractivity contribution in [1.29, 1.82) is 5.26 Å². The van der Waals surface area contributed by atoms with Gasteiger partial charge in [0.15, 0.2) is 6.61 Å². The lowest BCUT2D eigenvalue weighted by Gasteiger charge is -2.34. The first-order valence-electron chi connectivity index (χ1n) is 8.56. The summed E-state index contributed by atoms with van der Waals surface area (Å²) in [7, 11) is -3.80. The number of nitrogens with zero attached hydrogens (tertiary/aromatic N) is 3. The first-order chi connectivity index (χ1) is 13.4. The Hall–Kier alpha value is -2.96. The molecule has 0 N–H and O–H groups in total. The maximum absolute atomic E-state index is 13.3. The minimum atomic E-state index is -3.80. The minimum Gasteiger partial charge on any atom is -0.484 e. The second kappa shape index (κ2) is 8.37. The van der Waals surface area contributed by atoms with Crippen LogP contribution in [0.3, 0.4) is 0 Å². The van der Waals surface area contributed by atoms with E-state index in [9.17, 15) is 17.6 Å². The SMILES string of the molecule is N#Cc1cccc(OCC(=O)N2CCN(S(=O)(=O)c3cccc(F)c3)CC2)c1. The first-order valence-corrected chi connectivity index (χ1v) is 10.0. The molecule has 1 aliphatic rings. The van der Waals surface area contributed by atoms with Gasteiger partial charge in [0.1, 0.15) is 11.6 Å². The van der Waals surface area contributed by atoms with Gasteiger partial charge in [-0.15, -0.1) is 0 Å². The summed E-state index contributed by atoms with van der Waals surface area (Å²) in [6, 6.07) is 13.3. The predicted octanol–water partition coefficient (Wildman–Crippen LogP) is 1.61. The molecule has 7 nitrogen and oxygen atoms in total. The second-order valence-corrected chi connectivity index (χ2v) is 8.11. The molecular formula is C19H18FN3O4S. The number of carbonyl (C=O) groups is 1. The molecule has 146 valence electrons. The monoisotopic (exact) mass is 403 g/mol. The largest absolute Gasteiger partial charge is 0.484 e. The van der Waals surface area contributed by atoms with E-state index in [-0.39, 0.29) is 43.6 Å². The van der Waals surface area contributed by atoms with Gasteiger partial charge < -0.3 is 9.64 Å². The molecule has 0 bridgehead atoms. The molecule has 1 amide bonds. The number of carbonyl (C=O) groups excluding carboxylic acids is 1. The molecule has 0 unspecified atom stereocenters. The van der Waals surface area contributed by atoms with E-state index in [0.717, 1.165) is 6.07 Å². The van der Waals surface area contributed by atoms with Crippen molar-refractivity contribution in [1.82, 2.24) is 9.21 Å². The smallest absolute Gasteiger partial charge is 0.260 e.